The lowest BCUT2D eigenvalue weighted by molar-refractivity contribution is -0.138. The molecule has 2 amide bonds. The molecule has 21 heavy (non-hydrogen) atoms. The lowest BCUT2D eigenvalue weighted by Crippen LogP contribution is -2.44. The SMILES string of the molecule is O=C(O)CN(C(=O)Nc1cccc(F)c1F)C1CCCC1. The number of carbonyl (C=O) groups is 2. The van der Waals surface area contributed by atoms with Crippen molar-refractivity contribution in [2.45, 2.75) is 31.7 Å². The predicted octanol–water partition coefficient (Wildman–Crippen LogP) is 2.83. The summed E-state index contributed by atoms with van der Waals surface area (Å²) in [6, 6.07) is 2.53. The molecule has 0 bridgehead atoms. The Morgan fingerprint density at radius 3 is 2.57 bits per heavy atom. The van der Waals surface area contributed by atoms with E-state index < -0.39 is 30.2 Å². The van der Waals surface area contributed by atoms with Gasteiger partial charge in [0.1, 0.15) is 6.54 Å². The van der Waals surface area contributed by atoms with Crippen molar-refractivity contribution in [2.75, 3.05) is 11.9 Å². The molecule has 1 aliphatic rings. The van der Waals surface area contributed by atoms with Crippen LogP contribution in [0.1, 0.15) is 25.7 Å². The molecule has 1 saturated carbocycles. The lowest BCUT2D eigenvalue weighted by Gasteiger charge is -2.27. The van der Waals surface area contributed by atoms with Gasteiger partial charge in [-0.3, -0.25) is 4.79 Å². The van der Waals surface area contributed by atoms with Crippen molar-refractivity contribution in [3.05, 3.63) is 29.8 Å². The molecule has 0 spiro atoms. The van der Waals surface area contributed by atoms with Crippen molar-refractivity contribution in [3.8, 4) is 0 Å². The first-order valence-corrected chi connectivity index (χ1v) is 6.72. The van der Waals surface area contributed by atoms with Crippen LogP contribution in [0.3, 0.4) is 0 Å². The van der Waals surface area contributed by atoms with E-state index in [9.17, 15) is 18.4 Å². The molecule has 1 fully saturated rings. The molecule has 5 nitrogen and oxygen atoms in total. The second kappa shape index (κ2) is 6.51. The van der Waals surface area contributed by atoms with Crippen LogP contribution in [0.15, 0.2) is 18.2 Å². The molecular weight excluding hydrogens is 282 g/mol. The zero-order chi connectivity index (χ0) is 15.4. The molecule has 114 valence electrons. The van der Waals surface area contributed by atoms with Crippen LogP contribution in [0.5, 0.6) is 0 Å². The van der Waals surface area contributed by atoms with Gasteiger partial charge in [0, 0.05) is 6.04 Å². The first-order chi connectivity index (χ1) is 9.99. The topological polar surface area (TPSA) is 69.6 Å². The summed E-state index contributed by atoms with van der Waals surface area (Å²) in [5, 5.41) is 11.1. The van der Waals surface area contributed by atoms with Gasteiger partial charge in [-0.2, -0.15) is 0 Å². The Labute approximate surface area is 120 Å². The number of benzene rings is 1. The molecule has 2 rings (SSSR count). The van der Waals surface area contributed by atoms with E-state index in [4.69, 9.17) is 5.11 Å². The highest BCUT2D eigenvalue weighted by molar-refractivity contribution is 5.91. The standard InChI is InChI=1S/C14H16F2N2O3/c15-10-6-3-7-11(13(10)16)17-14(21)18(8-12(19)20)9-4-1-2-5-9/h3,6-7,9H,1-2,4-5,8H2,(H,17,21)(H,19,20). The number of carboxylic acids is 1. The smallest absolute Gasteiger partial charge is 0.323 e. The number of hydrogen-bond donors (Lipinski definition) is 2. The van der Waals surface area contributed by atoms with Gasteiger partial charge in [0.25, 0.3) is 0 Å². The number of rotatable bonds is 4. The number of hydrogen-bond acceptors (Lipinski definition) is 2. The number of anilines is 1. The fourth-order valence-corrected chi connectivity index (χ4v) is 2.52. The molecule has 7 heteroatoms. The van der Waals surface area contributed by atoms with Gasteiger partial charge in [-0.1, -0.05) is 18.9 Å². The summed E-state index contributed by atoms with van der Waals surface area (Å²) in [6.07, 6.45) is 3.27. The maximum atomic E-state index is 13.5. The minimum Gasteiger partial charge on any atom is -0.480 e. The van der Waals surface area contributed by atoms with Gasteiger partial charge in [0.2, 0.25) is 0 Å². The van der Waals surface area contributed by atoms with E-state index in [0.717, 1.165) is 18.9 Å². The van der Waals surface area contributed by atoms with Crippen molar-refractivity contribution in [1.29, 1.82) is 0 Å². The minimum atomic E-state index is -1.16. The third-order valence-corrected chi connectivity index (χ3v) is 3.53. The van der Waals surface area contributed by atoms with Gasteiger partial charge in [0.05, 0.1) is 5.69 Å². The molecule has 0 aliphatic heterocycles. The number of amides is 2. The summed E-state index contributed by atoms with van der Waals surface area (Å²) in [4.78, 5) is 24.2. The van der Waals surface area contributed by atoms with Gasteiger partial charge in [-0.15, -0.1) is 0 Å². The molecule has 0 radical (unpaired) electrons. The Morgan fingerprint density at radius 1 is 1.29 bits per heavy atom. The predicted molar refractivity (Wildman–Crippen MR) is 72.0 cm³/mol. The van der Waals surface area contributed by atoms with Crippen molar-refractivity contribution in [3.63, 3.8) is 0 Å². The molecular formula is C14H16F2N2O3. The van der Waals surface area contributed by atoms with Crippen molar-refractivity contribution < 1.29 is 23.5 Å². The van der Waals surface area contributed by atoms with Crippen molar-refractivity contribution >= 4 is 17.7 Å². The van der Waals surface area contributed by atoms with Crippen LogP contribution in [0, 0.1) is 11.6 Å². The van der Waals surface area contributed by atoms with Crippen LogP contribution < -0.4 is 5.32 Å². The molecule has 1 aromatic rings. The quantitative estimate of drug-likeness (QED) is 0.898. The minimum absolute atomic E-state index is 0.183. The maximum absolute atomic E-state index is 13.5. The van der Waals surface area contributed by atoms with Gasteiger partial charge >= 0.3 is 12.0 Å². The highest BCUT2D eigenvalue weighted by Crippen LogP contribution is 2.24. The average Bonchev–Trinajstić information content (AvgIpc) is 2.94. The number of carboxylic acid groups (broad SMARTS) is 1. The van der Waals surface area contributed by atoms with Crippen LogP contribution in [0.25, 0.3) is 0 Å². The second-order valence-corrected chi connectivity index (χ2v) is 4.99. The number of nitrogens with one attached hydrogen (secondary N) is 1. The van der Waals surface area contributed by atoms with Gasteiger partial charge in [-0.05, 0) is 25.0 Å². The monoisotopic (exact) mass is 298 g/mol. The largest absolute Gasteiger partial charge is 0.480 e. The van der Waals surface area contributed by atoms with Crippen molar-refractivity contribution in [1.82, 2.24) is 4.90 Å². The van der Waals surface area contributed by atoms with Crippen molar-refractivity contribution in [2.24, 2.45) is 0 Å². The molecule has 0 heterocycles. The zero-order valence-corrected chi connectivity index (χ0v) is 11.3. The summed E-state index contributed by atoms with van der Waals surface area (Å²) in [7, 11) is 0. The third-order valence-electron chi connectivity index (χ3n) is 3.53. The lowest BCUT2D eigenvalue weighted by atomic mass is 10.2. The number of urea groups is 1. The van der Waals surface area contributed by atoms with Crippen LogP contribution >= 0.6 is 0 Å². The normalized spacial score (nSPS) is 15.0. The number of halogens is 2. The van der Waals surface area contributed by atoms with E-state index in [1.54, 1.807) is 0 Å². The third kappa shape index (κ3) is 3.68. The first kappa shape index (κ1) is 15.2. The molecule has 1 aromatic carbocycles. The second-order valence-electron chi connectivity index (χ2n) is 4.99. The zero-order valence-electron chi connectivity index (χ0n) is 11.3. The molecule has 0 atom stereocenters. The summed E-state index contributed by atoms with van der Waals surface area (Å²) in [5.74, 6) is -3.37. The maximum Gasteiger partial charge on any atom is 0.323 e. The van der Waals surface area contributed by atoms with Crippen LogP contribution in [0.4, 0.5) is 19.3 Å². The Balaban J connectivity index is 2.14. The van der Waals surface area contributed by atoms with Crippen LogP contribution in [-0.2, 0) is 4.79 Å². The summed E-state index contributed by atoms with van der Waals surface area (Å²) >= 11 is 0. The Bertz CT molecular complexity index is 545. The summed E-state index contributed by atoms with van der Waals surface area (Å²) in [6.45, 7) is -0.465. The highest BCUT2D eigenvalue weighted by atomic mass is 19.2. The molecule has 0 unspecified atom stereocenters. The van der Waals surface area contributed by atoms with Crippen LogP contribution in [0.2, 0.25) is 0 Å². The first-order valence-electron chi connectivity index (χ1n) is 6.72. The van der Waals surface area contributed by atoms with E-state index >= 15 is 0 Å². The molecule has 0 saturated heterocycles. The highest BCUT2D eigenvalue weighted by Gasteiger charge is 2.29. The van der Waals surface area contributed by atoms with E-state index in [-0.39, 0.29) is 11.7 Å². The Hall–Kier alpha value is -2.18. The van der Waals surface area contributed by atoms with Gasteiger partial charge in [-0.25, -0.2) is 13.6 Å². The average molecular weight is 298 g/mol. The fourth-order valence-electron chi connectivity index (χ4n) is 2.52. The van der Waals surface area contributed by atoms with Gasteiger partial charge in [0.15, 0.2) is 11.6 Å². The summed E-state index contributed by atoms with van der Waals surface area (Å²) in [5.41, 5.74) is -0.298. The van der Waals surface area contributed by atoms with Gasteiger partial charge < -0.3 is 15.3 Å². The molecule has 0 aromatic heterocycles. The van der Waals surface area contributed by atoms with E-state index in [2.05, 4.69) is 5.32 Å². The number of carbonyl (C=O) groups excluding carboxylic acids is 1. The van der Waals surface area contributed by atoms with E-state index in [1.807, 2.05) is 0 Å². The Morgan fingerprint density at radius 2 is 1.95 bits per heavy atom. The molecule has 2 N–H and O–H groups in total. The fraction of sp³-hybridized carbons (Fsp3) is 0.429. The van der Waals surface area contributed by atoms with E-state index in [1.165, 1.54) is 17.0 Å². The van der Waals surface area contributed by atoms with Crippen LogP contribution in [-0.4, -0.2) is 34.6 Å². The van der Waals surface area contributed by atoms with E-state index in [0.29, 0.717) is 12.8 Å². The number of nitrogens with zero attached hydrogens (tertiary/aromatic N) is 1. The summed E-state index contributed by atoms with van der Waals surface area (Å²) < 4.78 is 26.6. The Kier molecular flexibility index (Phi) is 4.72. The molecule has 1 aliphatic carbocycles. The number of aliphatic carboxylic acids is 1.